The highest BCUT2D eigenvalue weighted by atomic mass is 35.5. The molecule has 0 aliphatic heterocycles. The average molecular weight is 218 g/mol. The summed E-state index contributed by atoms with van der Waals surface area (Å²) in [6.45, 7) is 3.74. The van der Waals surface area contributed by atoms with Crippen molar-refractivity contribution >= 4 is 12.4 Å². The van der Waals surface area contributed by atoms with Gasteiger partial charge in [-0.1, -0.05) is 31.5 Å². The van der Waals surface area contributed by atoms with Gasteiger partial charge in [0.1, 0.15) is 5.82 Å². The van der Waals surface area contributed by atoms with E-state index >= 15 is 0 Å². The molecule has 0 aliphatic rings. The van der Waals surface area contributed by atoms with Crippen molar-refractivity contribution in [1.82, 2.24) is 5.32 Å². The van der Waals surface area contributed by atoms with Gasteiger partial charge in [0, 0.05) is 12.1 Å². The van der Waals surface area contributed by atoms with Crippen molar-refractivity contribution in [3.63, 3.8) is 0 Å². The zero-order valence-corrected chi connectivity index (χ0v) is 9.24. The van der Waals surface area contributed by atoms with Crippen molar-refractivity contribution in [1.29, 1.82) is 0 Å². The fourth-order valence-corrected chi connectivity index (χ4v) is 1.17. The third kappa shape index (κ3) is 4.58. The Kier molecular flexibility index (Phi) is 7.44. The Bertz CT molecular complexity index is 253. The largest absolute Gasteiger partial charge is 0.313 e. The number of unbranched alkanes of at least 4 members (excludes halogenated alkanes) is 1. The first-order valence-corrected chi connectivity index (χ1v) is 4.78. The molecule has 0 saturated heterocycles. The van der Waals surface area contributed by atoms with E-state index in [0.717, 1.165) is 18.5 Å². The lowest BCUT2D eigenvalue weighted by molar-refractivity contribution is 0.580. The molecule has 0 atom stereocenters. The van der Waals surface area contributed by atoms with Crippen LogP contribution in [0.5, 0.6) is 0 Å². The summed E-state index contributed by atoms with van der Waals surface area (Å²) in [5.74, 6) is -0.119. The van der Waals surface area contributed by atoms with Gasteiger partial charge in [0.15, 0.2) is 0 Å². The predicted octanol–water partition coefficient (Wildman–Crippen LogP) is 3.14. The van der Waals surface area contributed by atoms with Crippen LogP contribution < -0.4 is 5.32 Å². The van der Waals surface area contributed by atoms with Crippen molar-refractivity contribution in [2.24, 2.45) is 0 Å². The maximum Gasteiger partial charge on any atom is 0.127 e. The number of hydrogen-bond acceptors (Lipinski definition) is 1. The summed E-state index contributed by atoms with van der Waals surface area (Å²) in [4.78, 5) is 0. The van der Waals surface area contributed by atoms with Crippen molar-refractivity contribution < 1.29 is 4.39 Å². The normalized spacial score (nSPS) is 9.57. The van der Waals surface area contributed by atoms with Crippen molar-refractivity contribution in [2.45, 2.75) is 26.3 Å². The molecule has 0 bridgehead atoms. The summed E-state index contributed by atoms with van der Waals surface area (Å²) in [5.41, 5.74) is 0.749. The highest BCUT2D eigenvalue weighted by molar-refractivity contribution is 5.85. The number of nitrogens with one attached hydrogen (secondary N) is 1. The molecule has 0 saturated carbocycles. The minimum Gasteiger partial charge on any atom is -0.313 e. The molecular weight excluding hydrogens is 201 g/mol. The van der Waals surface area contributed by atoms with Gasteiger partial charge < -0.3 is 5.32 Å². The van der Waals surface area contributed by atoms with Gasteiger partial charge in [0.25, 0.3) is 0 Å². The monoisotopic (exact) mass is 217 g/mol. The topological polar surface area (TPSA) is 12.0 Å². The van der Waals surface area contributed by atoms with E-state index in [9.17, 15) is 4.39 Å². The van der Waals surface area contributed by atoms with Crippen LogP contribution in [0.3, 0.4) is 0 Å². The molecule has 0 spiro atoms. The van der Waals surface area contributed by atoms with Gasteiger partial charge >= 0.3 is 0 Å². The van der Waals surface area contributed by atoms with Crippen LogP contribution in [0.4, 0.5) is 4.39 Å². The molecule has 0 amide bonds. The lowest BCUT2D eigenvalue weighted by atomic mass is 10.2. The molecule has 1 aromatic carbocycles. The van der Waals surface area contributed by atoms with Crippen LogP contribution in [0, 0.1) is 5.82 Å². The van der Waals surface area contributed by atoms with Crippen LogP contribution in [0.15, 0.2) is 24.3 Å². The van der Waals surface area contributed by atoms with Gasteiger partial charge in [-0.05, 0) is 19.0 Å². The van der Waals surface area contributed by atoms with E-state index in [1.807, 2.05) is 12.1 Å². The van der Waals surface area contributed by atoms with Crippen LogP contribution in [-0.2, 0) is 6.54 Å². The quantitative estimate of drug-likeness (QED) is 0.748. The van der Waals surface area contributed by atoms with E-state index in [-0.39, 0.29) is 18.2 Å². The number of halogens is 2. The molecule has 0 aliphatic carbocycles. The molecule has 0 aromatic heterocycles. The second kappa shape index (κ2) is 7.77. The maximum atomic E-state index is 13.1. The maximum absolute atomic E-state index is 13.1. The van der Waals surface area contributed by atoms with Crippen molar-refractivity contribution in [2.75, 3.05) is 6.54 Å². The van der Waals surface area contributed by atoms with Crippen LogP contribution in [0.1, 0.15) is 25.3 Å². The second-order valence-electron chi connectivity index (χ2n) is 3.12. The first kappa shape index (κ1) is 13.4. The van der Waals surface area contributed by atoms with Crippen LogP contribution in [0.25, 0.3) is 0 Å². The van der Waals surface area contributed by atoms with Gasteiger partial charge in [-0.2, -0.15) is 0 Å². The summed E-state index contributed by atoms with van der Waals surface area (Å²) in [7, 11) is 0. The van der Waals surface area contributed by atoms with Crippen molar-refractivity contribution in [3.05, 3.63) is 35.6 Å². The third-order valence-electron chi connectivity index (χ3n) is 1.98. The second-order valence-corrected chi connectivity index (χ2v) is 3.12. The molecule has 1 nitrogen and oxygen atoms in total. The highest BCUT2D eigenvalue weighted by Crippen LogP contribution is 2.05. The predicted molar refractivity (Wildman–Crippen MR) is 60.3 cm³/mol. The zero-order valence-electron chi connectivity index (χ0n) is 8.42. The number of rotatable bonds is 5. The van der Waals surface area contributed by atoms with Crippen LogP contribution in [-0.4, -0.2) is 6.54 Å². The van der Waals surface area contributed by atoms with E-state index in [2.05, 4.69) is 12.2 Å². The lowest BCUT2D eigenvalue weighted by Crippen LogP contribution is -2.15. The van der Waals surface area contributed by atoms with E-state index in [1.54, 1.807) is 6.07 Å². The standard InChI is InChI=1S/C11H16FN.ClH/c1-2-3-8-13-9-10-6-4-5-7-11(10)12;/h4-7,13H,2-3,8-9H2,1H3;1H. The summed E-state index contributed by atoms with van der Waals surface area (Å²) < 4.78 is 13.1. The Balaban J connectivity index is 0.00000169. The molecule has 1 N–H and O–H groups in total. The minimum absolute atomic E-state index is 0. The first-order valence-electron chi connectivity index (χ1n) is 4.78. The fraction of sp³-hybridized carbons (Fsp3) is 0.455. The molecule has 14 heavy (non-hydrogen) atoms. The molecule has 0 unspecified atom stereocenters. The van der Waals surface area contributed by atoms with Gasteiger partial charge in [-0.3, -0.25) is 0 Å². The molecule has 0 fully saturated rings. The molecule has 1 rings (SSSR count). The van der Waals surface area contributed by atoms with E-state index in [4.69, 9.17) is 0 Å². The van der Waals surface area contributed by atoms with Crippen LogP contribution in [0.2, 0.25) is 0 Å². The number of benzene rings is 1. The average Bonchev–Trinajstić information content (AvgIpc) is 2.15. The van der Waals surface area contributed by atoms with Crippen molar-refractivity contribution in [3.8, 4) is 0 Å². The van der Waals surface area contributed by atoms with E-state index < -0.39 is 0 Å². The summed E-state index contributed by atoms with van der Waals surface area (Å²) >= 11 is 0. The molecule has 0 heterocycles. The van der Waals surface area contributed by atoms with Gasteiger partial charge in [-0.15, -0.1) is 12.4 Å². The Morgan fingerprint density at radius 1 is 1.29 bits per heavy atom. The molecule has 80 valence electrons. The summed E-state index contributed by atoms with van der Waals surface area (Å²) in [6.07, 6.45) is 2.32. The first-order chi connectivity index (χ1) is 6.34. The van der Waals surface area contributed by atoms with E-state index in [0.29, 0.717) is 6.54 Å². The number of hydrogen-bond donors (Lipinski definition) is 1. The SMILES string of the molecule is CCCCNCc1ccccc1F.Cl. The minimum atomic E-state index is -0.119. The fourth-order valence-electron chi connectivity index (χ4n) is 1.17. The highest BCUT2D eigenvalue weighted by Gasteiger charge is 1.98. The lowest BCUT2D eigenvalue weighted by Gasteiger charge is -2.04. The van der Waals surface area contributed by atoms with Gasteiger partial charge in [-0.25, -0.2) is 4.39 Å². The molecule has 1 aromatic rings. The van der Waals surface area contributed by atoms with E-state index in [1.165, 1.54) is 12.5 Å². The molecule has 0 radical (unpaired) electrons. The Labute approximate surface area is 91.1 Å². The third-order valence-corrected chi connectivity index (χ3v) is 1.98. The summed E-state index contributed by atoms with van der Waals surface area (Å²) in [6, 6.07) is 6.88. The molecular formula is C11H17ClFN. The van der Waals surface area contributed by atoms with Crippen LogP contribution >= 0.6 is 12.4 Å². The Morgan fingerprint density at radius 2 is 2.00 bits per heavy atom. The Morgan fingerprint density at radius 3 is 2.64 bits per heavy atom. The Hall–Kier alpha value is -0.600. The zero-order chi connectivity index (χ0) is 9.52. The van der Waals surface area contributed by atoms with Gasteiger partial charge in [0.05, 0.1) is 0 Å². The summed E-state index contributed by atoms with van der Waals surface area (Å²) in [5, 5.41) is 3.20. The molecule has 3 heteroatoms. The van der Waals surface area contributed by atoms with Gasteiger partial charge in [0.2, 0.25) is 0 Å². The smallest absolute Gasteiger partial charge is 0.127 e.